The Kier molecular flexibility index (Phi) is 6.87. The molecule has 164 valence electrons. The molecule has 3 aromatic rings. The van der Waals surface area contributed by atoms with Gasteiger partial charge in [0.25, 0.3) is 5.24 Å². The Labute approximate surface area is 190 Å². The molecule has 2 unspecified atom stereocenters. The number of hydrogen-bond acceptors (Lipinski definition) is 5. The highest BCUT2D eigenvalue weighted by Crippen LogP contribution is 2.28. The smallest absolute Gasteiger partial charge is 0.286 e. The predicted molar refractivity (Wildman–Crippen MR) is 123 cm³/mol. The summed E-state index contributed by atoms with van der Waals surface area (Å²) < 4.78 is 18.9. The second kappa shape index (κ2) is 9.97. The summed E-state index contributed by atoms with van der Waals surface area (Å²) >= 11 is 1.03. The van der Waals surface area contributed by atoms with Gasteiger partial charge in [0.1, 0.15) is 11.6 Å². The molecule has 1 fully saturated rings. The van der Waals surface area contributed by atoms with Gasteiger partial charge in [0.15, 0.2) is 0 Å². The van der Waals surface area contributed by atoms with Crippen LogP contribution in [0, 0.1) is 5.82 Å². The molecule has 1 saturated heterocycles. The lowest BCUT2D eigenvalue weighted by molar-refractivity contribution is -0.118. The van der Waals surface area contributed by atoms with Gasteiger partial charge in [-0.3, -0.25) is 14.9 Å². The minimum Gasteiger partial charge on any atom is -0.497 e. The van der Waals surface area contributed by atoms with Crippen molar-refractivity contribution < 1.29 is 18.7 Å². The minimum atomic E-state index is -0.419. The van der Waals surface area contributed by atoms with Gasteiger partial charge in [0, 0.05) is 6.54 Å². The van der Waals surface area contributed by atoms with Crippen molar-refractivity contribution in [1.82, 2.24) is 10.6 Å². The van der Waals surface area contributed by atoms with Crippen LogP contribution in [0.25, 0.3) is 0 Å². The molecule has 0 aliphatic carbocycles. The molecule has 1 heterocycles. The van der Waals surface area contributed by atoms with Crippen LogP contribution in [-0.4, -0.2) is 23.5 Å². The normalized spacial score (nSPS) is 16.6. The predicted octanol–water partition coefficient (Wildman–Crippen LogP) is 4.61. The highest BCUT2D eigenvalue weighted by Gasteiger charge is 2.31. The van der Waals surface area contributed by atoms with Crippen LogP contribution >= 0.6 is 11.8 Å². The Morgan fingerprint density at radius 2 is 1.75 bits per heavy atom. The van der Waals surface area contributed by atoms with Crippen LogP contribution in [-0.2, 0) is 17.8 Å². The minimum absolute atomic E-state index is 0.157. The Morgan fingerprint density at radius 1 is 1.00 bits per heavy atom. The Morgan fingerprint density at radius 3 is 2.44 bits per heavy atom. The van der Waals surface area contributed by atoms with Gasteiger partial charge in [-0.15, -0.1) is 0 Å². The molecule has 0 aromatic heterocycles. The highest BCUT2D eigenvalue weighted by molar-refractivity contribution is 8.15. The molecule has 3 aromatic carbocycles. The zero-order chi connectivity index (χ0) is 22.5. The maximum atomic E-state index is 13.6. The fourth-order valence-corrected chi connectivity index (χ4v) is 4.59. The van der Waals surface area contributed by atoms with Crippen LogP contribution in [0.2, 0.25) is 0 Å². The molecule has 5 nitrogen and oxygen atoms in total. The molecule has 0 spiro atoms. The zero-order valence-electron chi connectivity index (χ0n) is 17.5. The van der Waals surface area contributed by atoms with Gasteiger partial charge in [-0.25, -0.2) is 4.39 Å². The monoisotopic (exact) mass is 450 g/mol. The van der Waals surface area contributed by atoms with E-state index < -0.39 is 5.25 Å². The molecule has 1 aliphatic rings. The lowest BCUT2D eigenvalue weighted by atomic mass is 9.95. The third-order valence-corrected chi connectivity index (χ3v) is 6.30. The topological polar surface area (TPSA) is 67.4 Å². The molecule has 0 bridgehead atoms. The summed E-state index contributed by atoms with van der Waals surface area (Å²) in [5.74, 6) is 0.246. The number of carbonyl (C=O) groups is 2. The van der Waals surface area contributed by atoms with E-state index in [1.807, 2.05) is 54.6 Å². The number of ether oxygens (including phenoxy) is 1. The number of rotatable bonds is 8. The number of imide groups is 1. The summed E-state index contributed by atoms with van der Waals surface area (Å²) in [6, 6.07) is 22.1. The molecule has 1 aliphatic heterocycles. The molecule has 32 heavy (non-hydrogen) atoms. The summed E-state index contributed by atoms with van der Waals surface area (Å²) in [5, 5.41) is 5.14. The molecular formula is C25H23FN2O3S. The van der Waals surface area contributed by atoms with Crippen LogP contribution in [0.4, 0.5) is 9.18 Å². The lowest BCUT2D eigenvalue weighted by Gasteiger charge is -2.21. The maximum absolute atomic E-state index is 13.6. The first-order chi connectivity index (χ1) is 15.5. The fraction of sp³-hybridized carbons (Fsp3) is 0.200. The van der Waals surface area contributed by atoms with E-state index in [1.54, 1.807) is 13.2 Å². The van der Waals surface area contributed by atoms with Crippen molar-refractivity contribution >= 4 is 22.9 Å². The second-order valence-electron chi connectivity index (χ2n) is 7.55. The Bertz CT molecular complexity index is 1120. The maximum Gasteiger partial charge on any atom is 0.286 e. The largest absolute Gasteiger partial charge is 0.497 e. The average Bonchev–Trinajstić information content (AvgIpc) is 3.11. The van der Waals surface area contributed by atoms with Crippen molar-refractivity contribution in [3.05, 3.63) is 101 Å². The molecule has 0 radical (unpaired) electrons. The Hall–Kier alpha value is -3.16. The lowest BCUT2D eigenvalue weighted by Crippen LogP contribution is -2.25. The van der Waals surface area contributed by atoms with Crippen molar-refractivity contribution in [1.29, 1.82) is 0 Å². The van der Waals surface area contributed by atoms with E-state index in [1.165, 1.54) is 12.1 Å². The number of hydrogen-bond donors (Lipinski definition) is 2. The highest BCUT2D eigenvalue weighted by atomic mass is 32.2. The molecule has 2 atom stereocenters. The van der Waals surface area contributed by atoms with E-state index >= 15 is 0 Å². The second-order valence-corrected chi connectivity index (χ2v) is 8.72. The molecule has 7 heteroatoms. The average molecular weight is 451 g/mol. The summed E-state index contributed by atoms with van der Waals surface area (Å²) in [6.45, 7) is 0.480. The first kappa shape index (κ1) is 22.0. The standard InChI is InChI=1S/C25H23FN2O3S/c1-31-21-10-8-18(9-11-21)23(27-15-17-5-3-7-20(26)13-17)19-6-2-4-16(12-19)14-22-24(29)28-25(30)32-22/h2-13,22-23,27H,14-15H2,1H3,(H,28,29,30). The number of carbonyl (C=O) groups excluding carboxylic acids is 2. The quantitative estimate of drug-likeness (QED) is 0.525. The first-order valence-electron chi connectivity index (χ1n) is 10.2. The van der Waals surface area contributed by atoms with Gasteiger partial charge in [-0.2, -0.15) is 0 Å². The van der Waals surface area contributed by atoms with Gasteiger partial charge in [-0.05, 0) is 52.9 Å². The summed E-state index contributed by atoms with van der Waals surface area (Å²) in [5.41, 5.74) is 3.86. The van der Waals surface area contributed by atoms with Crippen LogP contribution in [0.15, 0.2) is 72.8 Å². The number of nitrogens with one attached hydrogen (secondary N) is 2. The molecule has 2 N–H and O–H groups in total. The van der Waals surface area contributed by atoms with Gasteiger partial charge in [0.05, 0.1) is 18.4 Å². The van der Waals surface area contributed by atoms with Crippen molar-refractivity contribution in [3.63, 3.8) is 0 Å². The fourth-order valence-electron chi connectivity index (χ4n) is 3.73. The van der Waals surface area contributed by atoms with Gasteiger partial charge in [-0.1, -0.05) is 60.3 Å². The van der Waals surface area contributed by atoms with Crippen LogP contribution < -0.4 is 15.4 Å². The molecular weight excluding hydrogens is 427 g/mol. The molecule has 4 rings (SSSR count). The van der Waals surface area contributed by atoms with E-state index in [4.69, 9.17) is 4.74 Å². The van der Waals surface area contributed by atoms with E-state index in [9.17, 15) is 14.0 Å². The summed E-state index contributed by atoms with van der Waals surface area (Å²) in [6.07, 6.45) is 0.468. The Balaban J connectivity index is 1.59. The van der Waals surface area contributed by atoms with Crippen LogP contribution in [0.1, 0.15) is 28.3 Å². The number of methoxy groups -OCH3 is 1. The van der Waals surface area contributed by atoms with Gasteiger partial charge in [0.2, 0.25) is 5.91 Å². The van der Waals surface area contributed by atoms with E-state index in [0.29, 0.717) is 13.0 Å². The summed E-state index contributed by atoms with van der Waals surface area (Å²) in [7, 11) is 1.63. The zero-order valence-corrected chi connectivity index (χ0v) is 18.3. The van der Waals surface area contributed by atoms with Crippen molar-refractivity contribution in [2.45, 2.75) is 24.3 Å². The van der Waals surface area contributed by atoms with Crippen molar-refractivity contribution in [2.24, 2.45) is 0 Å². The van der Waals surface area contributed by atoms with E-state index in [2.05, 4.69) is 10.6 Å². The SMILES string of the molecule is COc1ccc(C(NCc2cccc(F)c2)c2cccc(CC3SC(=O)NC3=O)c2)cc1. The number of thioether (sulfide) groups is 1. The van der Waals surface area contributed by atoms with Gasteiger partial charge < -0.3 is 10.1 Å². The van der Waals surface area contributed by atoms with Crippen molar-refractivity contribution in [2.75, 3.05) is 7.11 Å². The number of halogens is 1. The first-order valence-corrected chi connectivity index (χ1v) is 11.1. The van der Waals surface area contributed by atoms with E-state index in [-0.39, 0.29) is 23.0 Å². The van der Waals surface area contributed by atoms with Crippen molar-refractivity contribution in [3.8, 4) is 5.75 Å². The van der Waals surface area contributed by atoms with Crippen LogP contribution in [0.5, 0.6) is 5.75 Å². The third-order valence-electron chi connectivity index (χ3n) is 5.32. The summed E-state index contributed by atoms with van der Waals surface area (Å²) in [4.78, 5) is 23.5. The van der Waals surface area contributed by atoms with Gasteiger partial charge >= 0.3 is 0 Å². The molecule has 0 saturated carbocycles. The molecule has 2 amide bonds. The number of benzene rings is 3. The van der Waals surface area contributed by atoms with E-state index in [0.717, 1.165) is 39.8 Å². The van der Waals surface area contributed by atoms with Crippen LogP contribution in [0.3, 0.4) is 0 Å². The number of amides is 2. The third kappa shape index (κ3) is 5.36.